The van der Waals surface area contributed by atoms with Crippen LogP contribution in [0.2, 0.25) is 0 Å². The highest BCUT2D eigenvalue weighted by molar-refractivity contribution is 6.01. The highest BCUT2D eigenvalue weighted by Gasteiger charge is 2.35. The second-order valence-corrected chi connectivity index (χ2v) is 6.10. The van der Waals surface area contributed by atoms with Gasteiger partial charge in [0, 0.05) is 25.1 Å². The number of nitrogens with zero attached hydrogens (tertiary/aromatic N) is 2. The van der Waals surface area contributed by atoms with Gasteiger partial charge in [-0.2, -0.15) is 0 Å². The second-order valence-electron chi connectivity index (χ2n) is 6.10. The van der Waals surface area contributed by atoms with Crippen LogP contribution < -0.4 is 10.1 Å². The van der Waals surface area contributed by atoms with Gasteiger partial charge in [-0.15, -0.1) is 0 Å². The molecule has 1 aromatic heterocycles. The van der Waals surface area contributed by atoms with Gasteiger partial charge in [0.1, 0.15) is 5.75 Å². The first-order valence-electron chi connectivity index (χ1n) is 7.93. The number of aromatic nitrogens is 2. The van der Waals surface area contributed by atoms with Gasteiger partial charge in [-0.05, 0) is 23.8 Å². The lowest BCUT2D eigenvalue weighted by Gasteiger charge is -2.32. The van der Waals surface area contributed by atoms with Crippen molar-refractivity contribution in [1.29, 1.82) is 0 Å². The molecule has 0 bridgehead atoms. The van der Waals surface area contributed by atoms with Crippen molar-refractivity contribution in [3.63, 3.8) is 0 Å². The first kappa shape index (κ1) is 14.7. The molecule has 0 fully saturated rings. The summed E-state index contributed by atoms with van der Waals surface area (Å²) in [5.41, 5.74) is 3.49. The molecule has 4 rings (SSSR count). The van der Waals surface area contributed by atoms with E-state index >= 15 is 0 Å². The van der Waals surface area contributed by atoms with E-state index in [0.29, 0.717) is 24.5 Å². The van der Waals surface area contributed by atoms with Gasteiger partial charge in [-0.1, -0.05) is 0 Å². The van der Waals surface area contributed by atoms with Crippen LogP contribution in [0, 0.1) is 0 Å². The molecule has 1 aromatic carbocycles. The van der Waals surface area contributed by atoms with Crippen molar-refractivity contribution in [2.75, 3.05) is 19.0 Å². The minimum atomic E-state index is -0.478. The van der Waals surface area contributed by atoms with Crippen LogP contribution in [-0.2, 0) is 22.6 Å². The fourth-order valence-electron chi connectivity index (χ4n) is 3.41. The van der Waals surface area contributed by atoms with Crippen molar-refractivity contribution >= 4 is 17.5 Å². The highest BCUT2D eigenvalue weighted by Crippen LogP contribution is 2.36. The Labute approximate surface area is 139 Å². The zero-order valence-electron chi connectivity index (χ0n) is 13.3. The zero-order chi connectivity index (χ0) is 16.7. The highest BCUT2D eigenvalue weighted by atomic mass is 16.5. The lowest BCUT2D eigenvalue weighted by molar-refractivity contribution is -0.135. The molecule has 2 aliphatic rings. The summed E-state index contributed by atoms with van der Waals surface area (Å²) in [6.07, 6.45) is 2.55. The lowest BCUT2D eigenvalue weighted by Crippen LogP contribution is -2.41. The van der Waals surface area contributed by atoms with E-state index in [-0.39, 0.29) is 18.2 Å². The summed E-state index contributed by atoms with van der Waals surface area (Å²) in [5, 5.41) is 2.83. The largest absolute Gasteiger partial charge is 0.497 e. The Morgan fingerprint density at radius 1 is 1.42 bits per heavy atom. The van der Waals surface area contributed by atoms with Crippen LogP contribution in [0.15, 0.2) is 24.5 Å². The first-order chi connectivity index (χ1) is 11.7. The third-order valence-electron chi connectivity index (χ3n) is 4.68. The normalized spacial score (nSPS) is 19.3. The molecule has 7 nitrogen and oxygen atoms in total. The summed E-state index contributed by atoms with van der Waals surface area (Å²) < 4.78 is 5.27. The number of hydrogen-bond acceptors (Lipinski definition) is 4. The van der Waals surface area contributed by atoms with Gasteiger partial charge in [0.15, 0.2) is 0 Å². The van der Waals surface area contributed by atoms with Gasteiger partial charge in [-0.3, -0.25) is 9.59 Å². The quantitative estimate of drug-likeness (QED) is 0.874. The third kappa shape index (κ3) is 2.42. The number of nitrogens with one attached hydrogen (secondary N) is 2. The van der Waals surface area contributed by atoms with E-state index in [1.54, 1.807) is 30.5 Å². The molecule has 0 saturated heterocycles. The van der Waals surface area contributed by atoms with Gasteiger partial charge in [-0.25, -0.2) is 4.98 Å². The van der Waals surface area contributed by atoms with Crippen LogP contribution >= 0.6 is 0 Å². The van der Waals surface area contributed by atoms with Crippen molar-refractivity contribution in [3.8, 4) is 5.75 Å². The number of imidazole rings is 1. The number of ether oxygens (including phenoxy) is 1. The molecule has 2 amide bonds. The molecule has 2 aliphatic heterocycles. The number of aromatic amines is 1. The summed E-state index contributed by atoms with van der Waals surface area (Å²) in [7, 11) is 1.59. The van der Waals surface area contributed by atoms with Gasteiger partial charge in [0.25, 0.3) is 0 Å². The van der Waals surface area contributed by atoms with Gasteiger partial charge >= 0.3 is 0 Å². The Morgan fingerprint density at radius 2 is 2.29 bits per heavy atom. The van der Waals surface area contributed by atoms with Crippen LogP contribution in [0.5, 0.6) is 5.75 Å². The van der Waals surface area contributed by atoms with Crippen LogP contribution in [0.4, 0.5) is 5.69 Å². The SMILES string of the molecule is COc1ccc2c(c1)[C@H](C(=O)N1CCc3nc[nH]c3C1)CC(=O)N2. The van der Waals surface area contributed by atoms with E-state index in [4.69, 9.17) is 4.74 Å². The van der Waals surface area contributed by atoms with Crippen molar-refractivity contribution < 1.29 is 14.3 Å². The topological polar surface area (TPSA) is 87.3 Å². The molecular formula is C17H18N4O3. The number of carbonyl (C=O) groups is 2. The Balaban J connectivity index is 1.64. The smallest absolute Gasteiger partial charge is 0.231 e. The maximum atomic E-state index is 13.1. The number of benzene rings is 1. The summed E-state index contributed by atoms with van der Waals surface area (Å²) in [4.78, 5) is 34.2. The number of hydrogen-bond donors (Lipinski definition) is 2. The van der Waals surface area contributed by atoms with Crippen LogP contribution in [0.1, 0.15) is 29.3 Å². The zero-order valence-corrected chi connectivity index (χ0v) is 13.3. The monoisotopic (exact) mass is 326 g/mol. The summed E-state index contributed by atoms with van der Waals surface area (Å²) in [6.45, 7) is 1.12. The van der Waals surface area contributed by atoms with Crippen molar-refractivity contribution in [2.24, 2.45) is 0 Å². The summed E-state index contributed by atoms with van der Waals surface area (Å²) in [6, 6.07) is 5.40. The molecule has 0 aliphatic carbocycles. The third-order valence-corrected chi connectivity index (χ3v) is 4.68. The molecule has 7 heteroatoms. The standard InChI is InChI=1S/C17H18N4O3/c1-24-10-2-3-13-11(6-10)12(7-16(22)20-13)17(23)21-5-4-14-15(8-21)19-9-18-14/h2-3,6,9,12H,4-5,7-8H2,1H3,(H,18,19)(H,20,22)/t12-/m1/s1. The van der Waals surface area contributed by atoms with Gasteiger partial charge in [0.2, 0.25) is 11.8 Å². The van der Waals surface area contributed by atoms with Crippen molar-refractivity contribution in [1.82, 2.24) is 14.9 Å². The van der Waals surface area contributed by atoms with E-state index in [9.17, 15) is 9.59 Å². The number of methoxy groups -OCH3 is 1. The average molecular weight is 326 g/mol. The molecule has 2 aromatic rings. The van der Waals surface area contributed by atoms with Crippen LogP contribution in [0.25, 0.3) is 0 Å². The summed E-state index contributed by atoms with van der Waals surface area (Å²) >= 11 is 0. The Kier molecular flexibility index (Phi) is 3.48. The number of amides is 2. The van der Waals surface area contributed by atoms with E-state index in [0.717, 1.165) is 23.4 Å². The maximum absolute atomic E-state index is 13.1. The molecule has 0 saturated carbocycles. The minimum Gasteiger partial charge on any atom is -0.497 e. The molecule has 0 spiro atoms. The summed E-state index contributed by atoms with van der Waals surface area (Å²) in [5.74, 6) is 0.0374. The van der Waals surface area contributed by atoms with Crippen LogP contribution in [-0.4, -0.2) is 40.3 Å². The first-order valence-corrected chi connectivity index (χ1v) is 7.93. The predicted molar refractivity (Wildman–Crippen MR) is 86.7 cm³/mol. The molecule has 24 heavy (non-hydrogen) atoms. The molecule has 2 N–H and O–H groups in total. The molecule has 1 atom stereocenters. The fourth-order valence-corrected chi connectivity index (χ4v) is 3.41. The Bertz CT molecular complexity index is 814. The number of rotatable bonds is 2. The Hall–Kier alpha value is -2.83. The number of fused-ring (bicyclic) bond motifs is 2. The Morgan fingerprint density at radius 3 is 3.12 bits per heavy atom. The van der Waals surface area contributed by atoms with Gasteiger partial charge in [0.05, 0.1) is 37.3 Å². The van der Waals surface area contributed by atoms with Gasteiger partial charge < -0.3 is 19.9 Å². The molecule has 124 valence electrons. The molecule has 0 radical (unpaired) electrons. The maximum Gasteiger partial charge on any atom is 0.231 e. The minimum absolute atomic E-state index is 0.0281. The van der Waals surface area contributed by atoms with Crippen molar-refractivity contribution in [3.05, 3.63) is 41.5 Å². The molecular weight excluding hydrogens is 308 g/mol. The fraction of sp³-hybridized carbons (Fsp3) is 0.353. The number of carbonyl (C=O) groups excluding carboxylic acids is 2. The predicted octanol–water partition coefficient (Wildman–Crippen LogP) is 1.43. The lowest BCUT2D eigenvalue weighted by atomic mass is 9.88. The van der Waals surface area contributed by atoms with E-state index in [2.05, 4.69) is 15.3 Å². The number of H-pyrrole nitrogens is 1. The second kappa shape index (κ2) is 5.67. The van der Waals surface area contributed by atoms with E-state index in [1.165, 1.54) is 0 Å². The van der Waals surface area contributed by atoms with Crippen LogP contribution in [0.3, 0.4) is 0 Å². The molecule has 3 heterocycles. The average Bonchev–Trinajstić information content (AvgIpc) is 3.07. The van der Waals surface area contributed by atoms with E-state index in [1.807, 2.05) is 6.07 Å². The molecule has 0 unspecified atom stereocenters. The number of anilines is 1. The van der Waals surface area contributed by atoms with Crippen molar-refractivity contribution in [2.45, 2.75) is 25.3 Å². The van der Waals surface area contributed by atoms with E-state index < -0.39 is 5.92 Å².